The molecule has 0 saturated carbocycles. The average molecular weight is 226 g/mol. The SMILES string of the molecule is NCCNC1C(=O)Nc2c(Cl)cccc21. The first-order valence-electron chi connectivity index (χ1n) is 4.76. The molecule has 0 saturated heterocycles. The van der Waals surface area contributed by atoms with Crippen molar-refractivity contribution in [1.29, 1.82) is 0 Å². The molecule has 0 radical (unpaired) electrons. The standard InChI is InChI=1S/C10H12ClN3O/c11-7-3-1-2-6-8(7)14-10(15)9(6)13-5-4-12/h1-3,9,13H,4-5,12H2,(H,14,15). The van der Waals surface area contributed by atoms with Crippen LogP contribution in [0.4, 0.5) is 5.69 Å². The van der Waals surface area contributed by atoms with E-state index in [1.54, 1.807) is 6.07 Å². The maximum atomic E-state index is 11.6. The van der Waals surface area contributed by atoms with Crippen LogP contribution in [0, 0.1) is 0 Å². The van der Waals surface area contributed by atoms with Gasteiger partial charge < -0.3 is 16.4 Å². The van der Waals surface area contributed by atoms with Gasteiger partial charge >= 0.3 is 0 Å². The number of amides is 1. The molecule has 1 heterocycles. The zero-order chi connectivity index (χ0) is 10.8. The largest absolute Gasteiger partial charge is 0.329 e. The summed E-state index contributed by atoms with van der Waals surface area (Å²) in [5.74, 6) is -0.0773. The highest BCUT2D eigenvalue weighted by molar-refractivity contribution is 6.34. The lowest BCUT2D eigenvalue weighted by molar-refractivity contribution is -0.117. The van der Waals surface area contributed by atoms with E-state index in [9.17, 15) is 4.79 Å². The normalized spacial score (nSPS) is 18.8. The van der Waals surface area contributed by atoms with Crippen molar-refractivity contribution >= 4 is 23.2 Å². The van der Waals surface area contributed by atoms with Crippen LogP contribution < -0.4 is 16.4 Å². The van der Waals surface area contributed by atoms with Crippen molar-refractivity contribution < 1.29 is 4.79 Å². The molecule has 1 aromatic rings. The summed E-state index contributed by atoms with van der Waals surface area (Å²) in [5.41, 5.74) is 6.98. The summed E-state index contributed by atoms with van der Waals surface area (Å²) in [7, 11) is 0. The van der Waals surface area contributed by atoms with Crippen molar-refractivity contribution in [3.05, 3.63) is 28.8 Å². The van der Waals surface area contributed by atoms with Crippen LogP contribution in [0.25, 0.3) is 0 Å². The lowest BCUT2D eigenvalue weighted by Gasteiger charge is -2.09. The van der Waals surface area contributed by atoms with Crippen LogP contribution in [0.15, 0.2) is 18.2 Å². The molecule has 0 aliphatic carbocycles. The lowest BCUT2D eigenvalue weighted by atomic mass is 10.1. The summed E-state index contributed by atoms with van der Waals surface area (Å²) >= 11 is 5.97. The third kappa shape index (κ3) is 1.84. The van der Waals surface area contributed by atoms with Gasteiger partial charge in [0.2, 0.25) is 5.91 Å². The highest BCUT2D eigenvalue weighted by atomic mass is 35.5. The monoisotopic (exact) mass is 225 g/mol. The Kier molecular flexibility index (Phi) is 2.90. The summed E-state index contributed by atoms with van der Waals surface area (Å²) in [6.07, 6.45) is 0. The Labute approximate surface area is 92.8 Å². The first-order chi connectivity index (χ1) is 7.24. The van der Waals surface area contributed by atoms with Crippen molar-refractivity contribution in [2.45, 2.75) is 6.04 Å². The van der Waals surface area contributed by atoms with Gasteiger partial charge in [-0.2, -0.15) is 0 Å². The molecule has 80 valence electrons. The van der Waals surface area contributed by atoms with E-state index >= 15 is 0 Å². The van der Waals surface area contributed by atoms with E-state index in [1.165, 1.54) is 0 Å². The van der Waals surface area contributed by atoms with Crippen molar-refractivity contribution in [1.82, 2.24) is 5.32 Å². The molecule has 1 aliphatic rings. The number of nitrogens with one attached hydrogen (secondary N) is 2. The van der Waals surface area contributed by atoms with Gasteiger partial charge in [0.25, 0.3) is 0 Å². The highest BCUT2D eigenvalue weighted by Crippen LogP contribution is 2.35. The molecule has 0 aromatic heterocycles. The van der Waals surface area contributed by atoms with Crippen molar-refractivity contribution in [3.8, 4) is 0 Å². The number of hydrogen-bond donors (Lipinski definition) is 3. The van der Waals surface area contributed by atoms with Gasteiger partial charge in [0, 0.05) is 18.7 Å². The van der Waals surface area contributed by atoms with E-state index < -0.39 is 0 Å². The molecule has 2 rings (SSSR count). The van der Waals surface area contributed by atoms with E-state index in [4.69, 9.17) is 17.3 Å². The Balaban J connectivity index is 2.29. The number of para-hydroxylation sites is 1. The summed E-state index contributed by atoms with van der Waals surface area (Å²) in [5, 5.41) is 6.39. The van der Waals surface area contributed by atoms with E-state index in [0.29, 0.717) is 23.8 Å². The third-order valence-corrected chi connectivity index (χ3v) is 2.68. The Morgan fingerprint density at radius 2 is 2.33 bits per heavy atom. The summed E-state index contributed by atoms with van der Waals surface area (Å²) in [6.45, 7) is 1.10. The fourth-order valence-electron chi connectivity index (χ4n) is 1.68. The van der Waals surface area contributed by atoms with Crippen LogP contribution in [0.1, 0.15) is 11.6 Å². The van der Waals surface area contributed by atoms with Gasteiger partial charge in [-0.1, -0.05) is 23.7 Å². The minimum Gasteiger partial charge on any atom is -0.329 e. The van der Waals surface area contributed by atoms with Gasteiger partial charge in [0.15, 0.2) is 0 Å². The number of carbonyl (C=O) groups excluding carboxylic acids is 1. The van der Waals surface area contributed by atoms with Crippen molar-refractivity contribution in [2.24, 2.45) is 5.73 Å². The van der Waals surface area contributed by atoms with Crippen LogP contribution in [-0.2, 0) is 4.79 Å². The molecule has 5 heteroatoms. The van der Waals surface area contributed by atoms with E-state index in [0.717, 1.165) is 5.56 Å². The van der Waals surface area contributed by atoms with E-state index in [1.807, 2.05) is 12.1 Å². The lowest BCUT2D eigenvalue weighted by Crippen LogP contribution is -2.31. The highest BCUT2D eigenvalue weighted by Gasteiger charge is 2.30. The molecule has 15 heavy (non-hydrogen) atoms. The maximum absolute atomic E-state index is 11.6. The smallest absolute Gasteiger partial charge is 0.246 e. The molecule has 1 amide bonds. The minimum atomic E-state index is -0.331. The summed E-state index contributed by atoms with van der Waals surface area (Å²) in [4.78, 5) is 11.6. The zero-order valence-corrected chi connectivity index (χ0v) is 8.84. The second-order valence-corrected chi connectivity index (χ2v) is 3.78. The number of nitrogens with two attached hydrogens (primary N) is 1. The Morgan fingerprint density at radius 3 is 3.07 bits per heavy atom. The molecule has 4 nitrogen and oxygen atoms in total. The molecule has 0 spiro atoms. The second kappa shape index (κ2) is 4.18. The number of halogens is 1. The molecule has 4 N–H and O–H groups in total. The summed E-state index contributed by atoms with van der Waals surface area (Å²) in [6, 6.07) is 5.14. The fraction of sp³-hybridized carbons (Fsp3) is 0.300. The van der Waals surface area contributed by atoms with Gasteiger partial charge in [-0.15, -0.1) is 0 Å². The third-order valence-electron chi connectivity index (χ3n) is 2.36. The molecule has 0 bridgehead atoms. The Hall–Kier alpha value is -1.10. The van der Waals surface area contributed by atoms with Crippen molar-refractivity contribution in [3.63, 3.8) is 0 Å². The van der Waals surface area contributed by atoms with Gasteiger partial charge in [0.05, 0.1) is 10.7 Å². The number of carbonyl (C=O) groups is 1. The predicted octanol–water partition coefficient (Wildman–Crippen LogP) is 0.881. The predicted molar refractivity (Wildman–Crippen MR) is 59.9 cm³/mol. The number of fused-ring (bicyclic) bond motifs is 1. The zero-order valence-electron chi connectivity index (χ0n) is 8.09. The molecular formula is C10H12ClN3O. The Bertz CT molecular complexity index is 394. The number of hydrogen-bond acceptors (Lipinski definition) is 3. The first-order valence-corrected chi connectivity index (χ1v) is 5.14. The fourth-order valence-corrected chi connectivity index (χ4v) is 1.91. The molecule has 1 atom stereocenters. The quantitative estimate of drug-likeness (QED) is 0.716. The maximum Gasteiger partial charge on any atom is 0.246 e. The number of benzene rings is 1. The van der Waals surface area contributed by atoms with Gasteiger partial charge in [0.1, 0.15) is 6.04 Å². The number of anilines is 1. The van der Waals surface area contributed by atoms with Crippen LogP contribution in [0.5, 0.6) is 0 Å². The van der Waals surface area contributed by atoms with Gasteiger partial charge in [-0.05, 0) is 6.07 Å². The summed E-state index contributed by atoms with van der Waals surface area (Å²) < 4.78 is 0. The molecule has 1 aromatic carbocycles. The molecule has 0 fully saturated rings. The molecule has 1 unspecified atom stereocenters. The number of rotatable bonds is 3. The van der Waals surface area contributed by atoms with Crippen LogP contribution >= 0.6 is 11.6 Å². The first kappa shape index (κ1) is 10.4. The van der Waals surface area contributed by atoms with Gasteiger partial charge in [-0.25, -0.2) is 0 Å². The van der Waals surface area contributed by atoms with Gasteiger partial charge in [-0.3, -0.25) is 4.79 Å². The van der Waals surface area contributed by atoms with Crippen LogP contribution in [0.3, 0.4) is 0 Å². The van der Waals surface area contributed by atoms with E-state index in [-0.39, 0.29) is 11.9 Å². The second-order valence-electron chi connectivity index (χ2n) is 3.37. The molecular weight excluding hydrogens is 214 g/mol. The average Bonchev–Trinajstić information content (AvgIpc) is 2.54. The van der Waals surface area contributed by atoms with Crippen molar-refractivity contribution in [2.75, 3.05) is 18.4 Å². The minimum absolute atomic E-state index is 0.0773. The van der Waals surface area contributed by atoms with Crippen LogP contribution in [0.2, 0.25) is 5.02 Å². The van der Waals surface area contributed by atoms with Crippen LogP contribution in [-0.4, -0.2) is 19.0 Å². The molecule has 1 aliphatic heterocycles. The topological polar surface area (TPSA) is 67.1 Å². The van der Waals surface area contributed by atoms with E-state index in [2.05, 4.69) is 10.6 Å². The Morgan fingerprint density at radius 1 is 1.53 bits per heavy atom.